The molecule has 1 fully saturated rings. The van der Waals surface area contributed by atoms with Crippen LogP contribution in [0.25, 0.3) is 0 Å². The summed E-state index contributed by atoms with van der Waals surface area (Å²) in [6.07, 6.45) is 6.49. The first-order chi connectivity index (χ1) is 16.5. The van der Waals surface area contributed by atoms with Gasteiger partial charge in [-0.2, -0.15) is 0 Å². The number of fused-ring (bicyclic) bond motifs is 1. The summed E-state index contributed by atoms with van der Waals surface area (Å²) in [5, 5.41) is 16.2. The van der Waals surface area contributed by atoms with E-state index in [2.05, 4.69) is 22.8 Å². The lowest BCUT2D eigenvalue weighted by atomic mass is 9.94. The number of aliphatic carboxylic acids is 1. The number of unbranched alkanes of at least 4 members (excludes halogenated alkanes) is 1. The van der Waals surface area contributed by atoms with Crippen molar-refractivity contribution in [1.82, 2.24) is 10.3 Å². The number of nitrogens with zero attached hydrogens (tertiary/aromatic N) is 1. The summed E-state index contributed by atoms with van der Waals surface area (Å²) in [7, 11) is 0. The Bertz CT molecular complexity index is 1020. The van der Waals surface area contributed by atoms with Gasteiger partial charge < -0.3 is 20.5 Å². The summed E-state index contributed by atoms with van der Waals surface area (Å²) in [5.41, 5.74) is 2.42. The van der Waals surface area contributed by atoms with Gasteiger partial charge in [0, 0.05) is 36.9 Å². The second-order valence-electron chi connectivity index (χ2n) is 9.13. The van der Waals surface area contributed by atoms with Crippen molar-refractivity contribution in [3.8, 4) is 0 Å². The molecular formula is C26H32ClN3O4. The van der Waals surface area contributed by atoms with E-state index in [9.17, 15) is 14.7 Å². The molecule has 1 atom stereocenters. The van der Waals surface area contributed by atoms with E-state index < -0.39 is 17.4 Å². The highest BCUT2D eigenvalue weighted by molar-refractivity contribution is 6.31. The van der Waals surface area contributed by atoms with Crippen molar-refractivity contribution in [2.75, 3.05) is 25.1 Å². The van der Waals surface area contributed by atoms with Gasteiger partial charge in [-0.25, -0.2) is 9.78 Å². The molecular weight excluding hydrogens is 454 g/mol. The lowest BCUT2D eigenvalue weighted by Crippen LogP contribution is -2.46. The smallest absolute Gasteiger partial charge is 0.326 e. The molecule has 1 aromatic carbocycles. The molecule has 2 heterocycles. The largest absolute Gasteiger partial charge is 0.480 e. The molecule has 4 rings (SSSR count). The maximum atomic E-state index is 12.9. The fraction of sp³-hybridized carbons (Fsp3) is 0.500. The number of ether oxygens (including phenoxy) is 1. The van der Waals surface area contributed by atoms with Gasteiger partial charge in [-0.15, -0.1) is 0 Å². The molecule has 1 aliphatic heterocycles. The van der Waals surface area contributed by atoms with Crippen LogP contribution in [0.5, 0.6) is 0 Å². The molecule has 8 heteroatoms. The Balaban J connectivity index is 1.16. The molecule has 1 aromatic heterocycles. The molecule has 2 aliphatic rings. The SMILES string of the molecule is O=C(O)C(CCOCCCCc1ccc2c(n1)NCCC2)NC(=O)C1(c2ccccc2Cl)CC1. The average molecular weight is 486 g/mol. The van der Waals surface area contributed by atoms with Crippen LogP contribution in [0, 0.1) is 0 Å². The van der Waals surface area contributed by atoms with Gasteiger partial charge in [0.25, 0.3) is 0 Å². The summed E-state index contributed by atoms with van der Waals surface area (Å²) in [6.45, 7) is 1.81. The third-order valence-electron chi connectivity index (χ3n) is 6.65. The number of benzene rings is 1. The van der Waals surface area contributed by atoms with Gasteiger partial charge in [0.2, 0.25) is 5.91 Å². The molecule has 1 unspecified atom stereocenters. The summed E-state index contributed by atoms with van der Waals surface area (Å²) >= 11 is 6.28. The molecule has 1 amide bonds. The zero-order valence-electron chi connectivity index (χ0n) is 19.3. The van der Waals surface area contributed by atoms with Crippen molar-refractivity contribution in [1.29, 1.82) is 0 Å². The quantitative estimate of drug-likeness (QED) is 0.391. The lowest BCUT2D eigenvalue weighted by molar-refractivity contribution is -0.142. The number of hydrogen-bond donors (Lipinski definition) is 3. The minimum atomic E-state index is -1.06. The number of carboxylic acid groups (broad SMARTS) is 1. The lowest BCUT2D eigenvalue weighted by Gasteiger charge is -2.21. The van der Waals surface area contributed by atoms with E-state index in [1.54, 1.807) is 6.07 Å². The Kier molecular flexibility index (Phi) is 8.06. The maximum absolute atomic E-state index is 12.9. The molecule has 0 saturated heterocycles. The fourth-order valence-electron chi connectivity index (χ4n) is 4.47. The molecule has 0 radical (unpaired) electrons. The molecule has 3 N–H and O–H groups in total. The van der Waals surface area contributed by atoms with Crippen LogP contribution in [0.4, 0.5) is 5.82 Å². The minimum Gasteiger partial charge on any atom is -0.480 e. The highest BCUT2D eigenvalue weighted by Gasteiger charge is 2.52. The van der Waals surface area contributed by atoms with Crippen LogP contribution < -0.4 is 10.6 Å². The number of rotatable bonds is 12. The number of carbonyl (C=O) groups is 2. The van der Waals surface area contributed by atoms with Crippen LogP contribution in [-0.2, 0) is 32.6 Å². The van der Waals surface area contributed by atoms with Gasteiger partial charge in [0.1, 0.15) is 11.9 Å². The molecule has 7 nitrogen and oxygen atoms in total. The van der Waals surface area contributed by atoms with Crippen LogP contribution in [0.1, 0.15) is 55.3 Å². The van der Waals surface area contributed by atoms with Crippen molar-refractivity contribution in [3.63, 3.8) is 0 Å². The van der Waals surface area contributed by atoms with Crippen LogP contribution >= 0.6 is 11.6 Å². The third-order valence-corrected chi connectivity index (χ3v) is 6.98. The molecule has 0 spiro atoms. The second kappa shape index (κ2) is 11.2. The number of carboxylic acids is 1. The van der Waals surface area contributed by atoms with Gasteiger partial charge in [0.15, 0.2) is 0 Å². The average Bonchev–Trinajstić information content (AvgIpc) is 3.64. The highest BCUT2D eigenvalue weighted by Crippen LogP contribution is 2.50. The first-order valence-electron chi connectivity index (χ1n) is 12.1. The Hall–Kier alpha value is -2.64. The second-order valence-corrected chi connectivity index (χ2v) is 9.53. The van der Waals surface area contributed by atoms with Crippen molar-refractivity contribution in [2.24, 2.45) is 0 Å². The van der Waals surface area contributed by atoms with Crippen LogP contribution in [0.15, 0.2) is 36.4 Å². The number of nitrogens with one attached hydrogen (secondary N) is 2. The first-order valence-corrected chi connectivity index (χ1v) is 12.5. The predicted molar refractivity (Wildman–Crippen MR) is 131 cm³/mol. The monoisotopic (exact) mass is 485 g/mol. The van der Waals surface area contributed by atoms with E-state index in [4.69, 9.17) is 21.3 Å². The molecule has 2 aromatic rings. The number of halogens is 1. The van der Waals surface area contributed by atoms with Crippen molar-refractivity contribution in [2.45, 2.75) is 62.8 Å². The summed E-state index contributed by atoms with van der Waals surface area (Å²) in [6, 6.07) is 10.5. The van der Waals surface area contributed by atoms with E-state index >= 15 is 0 Å². The number of aromatic nitrogens is 1. The van der Waals surface area contributed by atoms with Crippen molar-refractivity contribution in [3.05, 3.63) is 58.2 Å². The van der Waals surface area contributed by atoms with Gasteiger partial charge in [0.05, 0.1) is 5.41 Å². The number of carbonyl (C=O) groups excluding carboxylic acids is 1. The zero-order valence-corrected chi connectivity index (χ0v) is 20.1. The number of pyridine rings is 1. The van der Waals surface area contributed by atoms with Gasteiger partial charge >= 0.3 is 5.97 Å². The van der Waals surface area contributed by atoms with Crippen molar-refractivity contribution < 1.29 is 19.4 Å². The minimum absolute atomic E-state index is 0.220. The summed E-state index contributed by atoms with van der Waals surface area (Å²) in [5.74, 6) is -0.316. The maximum Gasteiger partial charge on any atom is 0.326 e. The summed E-state index contributed by atoms with van der Waals surface area (Å²) in [4.78, 5) is 29.3. The number of amides is 1. The van der Waals surface area contributed by atoms with Crippen LogP contribution in [-0.4, -0.2) is 47.8 Å². The van der Waals surface area contributed by atoms with Crippen molar-refractivity contribution >= 4 is 29.3 Å². The normalized spacial score (nSPS) is 16.7. The topological polar surface area (TPSA) is 101 Å². The van der Waals surface area contributed by atoms with E-state index in [-0.39, 0.29) is 18.9 Å². The Morgan fingerprint density at radius 3 is 2.76 bits per heavy atom. The van der Waals surface area contributed by atoms with E-state index in [0.717, 1.165) is 55.7 Å². The van der Waals surface area contributed by atoms with Crippen LogP contribution in [0.3, 0.4) is 0 Å². The van der Waals surface area contributed by atoms with Crippen LogP contribution in [0.2, 0.25) is 5.02 Å². The number of anilines is 1. The third kappa shape index (κ3) is 5.88. The van der Waals surface area contributed by atoms with E-state index in [0.29, 0.717) is 24.5 Å². The van der Waals surface area contributed by atoms with Gasteiger partial charge in [-0.3, -0.25) is 4.79 Å². The fourth-order valence-corrected chi connectivity index (χ4v) is 4.78. The van der Waals surface area contributed by atoms with E-state index in [1.807, 2.05) is 18.2 Å². The molecule has 1 saturated carbocycles. The Morgan fingerprint density at radius 1 is 1.18 bits per heavy atom. The summed E-state index contributed by atoms with van der Waals surface area (Å²) < 4.78 is 5.66. The number of hydrogen-bond acceptors (Lipinski definition) is 5. The molecule has 1 aliphatic carbocycles. The van der Waals surface area contributed by atoms with E-state index in [1.165, 1.54) is 5.56 Å². The Labute approximate surface area is 205 Å². The molecule has 182 valence electrons. The first kappa shape index (κ1) is 24.5. The Morgan fingerprint density at radius 2 is 2.00 bits per heavy atom. The number of aryl methyl sites for hydroxylation is 2. The molecule has 0 bridgehead atoms. The predicted octanol–water partition coefficient (Wildman–Crippen LogP) is 4.12. The highest BCUT2D eigenvalue weighted by atomic mass is 35.5. The zero-order chi connectivity index (χ0) is 24.0. The molecule has 34 heavy (non-hydrogen) atoms. The van der Waals surface area contributed by atoms with Gasteiger partial charge in [-0.1, -0.05) is 35.9 Å². The van der Waals surface area contributed by atoms with Gasteiger partial charge in [-0.05, 0) is 68.2 Å². The standard InChI is InChI=1S/C26H32ClN3O4/c27-21-9-2-1-8-20(21)26(13-14-26)25(33)30-22(24(31)32)12-17-34-16-4-3-7-19-11-10-18-6-5-15-28-23(18)29-19/h1-2,8-11,22H,3-7,12-17H2,(H,28,29)(H,30,33)(H,31,32).